The third-order valence-electron chi connectivity index (χ3n) is 1.26. The van der Waals surface area contributed by atoms with Gasteiger partial charge in [-0.05, 0) is 6.42 Å². The largest absolute Gasteiger partial charge is 0.480 e. The molecule has 0 fully saturated rings. The van der Waals surface area contributed by atoms with Gasteiger partial charge in [-0.25, -0.2) is 0 Å². The lowest BCUT2D eigenvalue weighted by Gasteiger charge is -2.10. The third-order valence-corrected chi connectivity index (χ3v) is 1.26. The highest BCUT2D eigenvalue weighted by molar-refractivity contribution is 6.24. The lowest BCUT2D eigenvalue weighted by atomic mass is 10.1. The quantitative estimate of drug-likeness (QED) is 0.534. The standard InChI is InChI=1S/C6H13BNO3/c1-3-4-5(6(9)10)8-7-11-2/h5,8H,3-4H2,1-2H3,(H,9,10). The molecule has 0 rings (SSSR count). The molecule has 0 aromatic heterocycles. The summed E-state index contributed by atoms with van der Waals surface area (Å²) in [5, 5.41) is 11.2. The van der Waals surface area contributed by atoms with Gasteiger partial charge in [-0.1, -0.05) is 13.3 Å². The first kappa shape index (κ1) is 10.5. The zero-order valence-electron chi connectivity index (χ0n) is 6.83. The van der Waals surface area contributed by atoms with E-state index in [9.17, 15) is 4.79 Å². The molecule has 0 saturated carbocycles. The number of hydrogen-bond acceptors (Lipinski definition) is 3. The van der Waals surface area contributed by atoms with Crippen molar-refractivity contribution in [1.82, 2.24) is 5.23 Å². The molecule has 2 N–H and O–H groups in total. The minimum absolute atomic E-state index is 0.528. The van der Waals surface area contributed by atoms with Crippen LogP contribution in [0.15, 0.2) is 0 Å². The molecule has 63 valence electrons. The fourth-order valence-corrected chi connectivity index (χ4v) is 0.717. The van der Waals surface area contributed by atoms with Gasteiger partial charge in [0.25, 0.3) is 0 Å². The Morgan fingerprint density at radius 1 is 1.82 bits per heavy atom. The average Bonchev–Trinajstić information content (AvgIpc) is 1.97. The summed E-state index contributed by atoms with van der Waals surface area (Å²) in [4.78, 5) is 10.5. The summed E-state index contributed by atoms with van der Waals surface area (Å²) in [5.74, 6) is -0.847. The van der Waals surface area contributed by atoms with Gasteiger partial charge in [-0.2, -0.15) is 0 Å². The highest BCUT2D eigenvalue weighted by Crippen LogP contribution is 1.95. The van der Waals surface area contributed by atoms with Gasteiger partial charge in [0.05, 0.1) is 6.04 Å². The summed E-state index contributed by atoms with van der Waals surface area (Å²) in [6.07, 6.45) is 1.44. The first-order chi connectivity index (χ1) is 5.22. The topological polar surface area (TPSA) is 58.6 Å². The van der Waals surface area contributed by atoms with Gasteiger partial charge < -0.3 is 15.0 Å². The zero-order chi connectivity index (χ0) is 8.69. The Morgan fingerprint density at radius 3 is 2.82 bits per heavy atom. The van der Waals surface area contributed by atoms with Crippen LogP contribution in [0.1, 0.15) is 19.8 Å². The van der Waals surface area contributed by atoms with Crippen molar-refractivity contribution in [2.75, 3.05) is 7.11 Å². The van der Waals surface area contributed by atoms with Crippen LogP contribution in [0.4, 0.5) is 0 Å². The molecule has 1 radical (unpaired) electrons. The molecular formula is C6H13BNO3. The Kier molecular flexibility index (Phi) is 5.88. The summed E-state index contributed by atoms with van der Waals surface area (Å²) in [7, 11) is 2.76. The van der Waals surface area contributed by atoms with E-state index in [1.54, 1.807) is 0 Å². The van der Waals surface area contributed by atoms with Crippen LogP contribution in [-0.2, 0) is 9.45 Å². The van der Waals surface area contributed by atoms with Gasteiger partial charge in [0.15, 0.2) is 0 Å². The van der Waals surface area contributed by atoms with Crippen LogP contribution in [0.2, 0.25) is 0 Å². The molecule has 0 aliphatic carbocycles. The lowest BCUT2D eigenvalue weighted by molar-refractivity contribution is -0.139. The summed E-state index contributed by atoms with van der Waals surface area (Å²) < 4.78 is 4.57. The van der Waals surface area contributed by atoms with Crippen molar-refractivity contribution >= 4 is 13.6 Å². The highest BCUT2D eigenvalue weighted by atomic mass is 16.4. The van der Waals surface area contributed by atoms with Crippen molar-refractivity contribution in [1.29, 1.82) is 0 Å². The maximum absolute atomic E-state index is 10.5. The van der Waals surface area contributed by atoms with Crippen LogP contribution in [0.25, 0.3) is 0 Å². The zero-order valence-corrected chi connectivity index (χ0v) is 6.83. The molecule has 5 heteroatoms. The SMILES string of the molecule is CCCC(N[B]OC)C(=O)O. The van der Waals surface area contributed by atoms with E-state index >= 15 is 0 Å². The Balaban J connectivity index is 3.60. The second-order valence-electron chi connectivity index (χ2n) is 2.20. The lowest BCUT2D eigenvalue weighted by Crippen LogP contribution is -2.39. The molecule has 0 aromatic carbocycles. The van der Waals surface area contributed by atoms with Gasteiger partial charge in [-0.3, -0.25) is 4.79 Å². The van der Waals surface area contributed by atoms with Crippen molar-refractivity contribution in [3.05, 3.63) is 0 Å². The molecule has 1 atom stereocenters. The first-order valence-electron chi connectivity index (χ1n) is 3.55. The Bertz CT molecular complexity index is 120. The second kappa shape index (κ2) is 6.18. The second-order valence-corrected chi connectivity index (χ2v) is 2.20. The molecule has 0 saturated heterocycles. The molecule has 4 nitrogen and oxygen atoms in total. The van der Waals surface area contributed by atoms with Crippen LogP contribution >= 0.6 is 0 Å². The molecule has 0 aliphatic heterocycles. The number of carbonyl (C=O) groups is 1. The van der Waals surface area contributed by atoms with Crippen LogP contribution in [0, 0.1) is 0 Å². The number of hydrogen-bond donors (Lipinski definition) is 2. The van der Waals surface area contributed by atoms with Crippen molar-refractivity contribution in [2.24, 2.45) is 0 Å². The van der Waals surface area contributed by atoms with Crippen molar-refractivity contribution in [3.63, 3.8) is 0 Å². The van der Waals surface area contributed by atoms with Crippen molar-refractivity contribution in [2.45, 2.75) is 25.8 Å². The van der Waals surface area contributed by atoms with Crippen LogP contribution in [0.3, 0.4) is 0 Å². The maximum atomic E-state index is 10.5. The van der Waals surface area contributed by atoms with E-state index in [2.05, 4.69) is 9.88 Å². The highest BCUT2D eigenvalue weighted by Gasteiger charge is 2.14. The Morgan fingerprint density at radius 2 is 2.45 bits per heavy atom. The van der Waals surface area contributed by atoms with E-state index in [1.807, 2.05) is 6.92 Å². The van der Waals surface area contributed by atoms with Gasteiger partial charge in [0, 0.05) is 7.11 Å². The van der Waals surface area contributed by atoms with E-state index < -0.39 is 12.0 Å². The fraction of sp³-hybridized carbons (Fsp3) is 0.833. The van der Waals surface area contributed by atoms with E-state index in [0.29, 0.717) is 6.42 Å². The van der Waals surface area contributed by atoms with Crippen LogP contribution in [0.5, 0.6) is 0 Å². The molecule has 0 spiro atoms. The number of carboxylic acids is 1. The Hall–Kier alpha value is -0.545. The minimum Gasteiger partial charge on any atom is -0.480 e. The molecule has 0 heterocycles. The molecular weight excluding hydrogens is 145 g/mol. The third kappa shape index (κ3) is 4.81. The van der Waals surface area contributed by atoms with Crippen LogP contribution < -0.4 is 5.23 Å². The first-order valence-corrected chi connectivity index (χ1v) is 3.55. The van der Waals surface area contributed by atoms with E-state index in [0.717, 1.165) is 6.42 Å². The molecule has 11 heavy (non-hydrogen) atoms. The van der Waals surface area contributed by atoms with E-state index in [-0.39, 0.29) is 0 Å². The normalized spacial score (nSPS) is 12.5. The number of aliphatic carboxylic acids is 1. The van der Waals surface area contributed by atoms with E-state index in [4.69, 9.17) is 5.11 Å². The van der Waals surface area contributed by atoms with Gasteiger partial charge in [-0.15, -0.1) is 0 Å². The Labute approximate surface area is 67.2 Å². The monoisotopic (exact) mass is 158 g/mol. The van der Waals surface area contributed by atoms with Gasteiger partial charge >= 0.3 is 13.6 Å². The predicted octanol–water partition coefficient (Wildman–Crippen LogP) is 0.00990. The molecule has 0 aliphatic rings. The summed E-state index contributed by atoms with van der Waals surface area (Å²) in [6.45, 7) is 1.93. The average molecular weight is 158 g/mol. The number of carboxylic acid groups (broad SMARTS) is 1. The predicted molar refractivity (Wildman–Crippen MR) is 42.2 cm³/mol. The molecule has 0 bridgehead atoms. The molecule has 0 amide bonds. The van der Waals surface area contributed by atoms with Gasteiger partial charge in [0.1, 0.15) is 0 Å². The van der Waals surface area contributed by atoms with Crippen molar-refractivity contribution in [3.8, 4) is 0 Å². The van der Waals surface area contributed by atoms with Gasteiger partial charge in [0.2, 0.25) is 0 Å². The van der Waals surface area contributed by atoms with Crippen LogP contribution in [-0.4, -0.2) is 31.8 Å². The molecule has 0 aromatic rings. The number of nitrogens with one attached hydrogen (secondary N) is 1. The molecule has 1 unspecified atom stereocenters. The summed E-state index contributed by atoms with van der Waals surface area (Å²) >= 11 is 0. The summed E-state index contributed by atoms with van der Waals surface area (Å²) in [6, 6.07) is -0.528. The van der Waals surface area contributed by atoms with Crippen molar-refractivity contribution < 1.29 is 14.6 Å². The minimum atomic E-state index is -0.847. The maximum Gasteiger partial charge on any atom is 0.396 e. The van der Waals surface area contributed by atoms with E-state index in [1.165, 1.54) is 14.7 Å². The smallest absolute Gasteiger partial charge is 0.396 e. The summed E-state index contributed by atoms with van der Waals surface area (Å²) in [5.41, 5.74) is 0. The number of rotatable bonds is 6. The fourth-order valence-electron chi connectivity index (χ4n) is 0.717.